The van der Waals surface area contributed by atoms with E-state index in [4.69, 9.17) is 19.3 Å². The molecule has 9 heteroatoms. The van der Waals surface area contributed by atoms with Crippen LogP contribution in [-0.4, -0.2) is 51.3 Å². The molecule has 3 heterocycles. The first-order valence-corrected chi connectivity index (χ1v) is 14.7. The van der Waals surface area contributed by atoms with Crippen molar-refractivity contribution in [3.63, 3.8) is 0 Å². The number of hydrogen-bond donors (Lipinski definition) is 2. The second-order valence-corrected chi connectivity index (χ2v) is 11.7. The predicted molar refractivity (Wildman–Crippen MR) is 143 cm³/mol. The van der Waals surface area contributed by atoms with E-state index in [9.17, 15) is 8.42 Å². The Hall–Kier alpha value is -2.59. The van der Waals surface area contributed by atoms with Crippen molar-refractivity contribution in [2.45, 2.75) is 69.0 Å². The quantitative estimate of drug-likeness (QED) is 0.504. The molecule has 2 aliphatic heterocycles. The Morgan fingerprint density at radius 2 is 1.95 bits per heavy atom. The molecule has 8 nitrogen and oxygen atoms in total. The van der Waals surface area contributed by atoms with Gasteiger partial charge in [-0.25, -0.2) is 13.6 Å². The number of ether oxygens (including phenoxy) is 3. The fourth-order valence-electron chi connectivity index (χ4n) is 5.71. The molecule has 3 aromatic rings. The standard InChI is InChI=1S/C28H37N3O5S/c1-19-15-26(34-2)24(22-9-11-30-28(19)22)18-31-12-10-20-16-25(31)23-8-7-21(37(29,32)33)17-27(23)36-14-6-4-3-5-13-35-20/h7-9,11,15,17,20,25,30H,3-6,10,12-14,16,18H2,1-2H3,(H2,29,32,33)/t20-,25-/m0/s1. The minimum atomic E-state index is -3.84. The van der Waals surface area contributed by atoms with Crippen molar-refractivity contribution < 1.29 is 22.6 Å². The Labute approximate surface area is 219 Å². The van der Waals surface area contributed by atoms with Crippen LogP contribution in [0.2, 0.25) is 0 Å². The summed E-state index contributed by atoms with van der Waals surface area (Å²) < 4.78 is 42.6. The van der Waals surface area contributed by atoms with Crippen LogP contribution in [0.25, 0.3) is 10.9 Å². The minimum Gasteiger partial charge on any atom is -0.496 e. The predicted octanol–water partition coefficient (Wildman–Crippen LogP) is 4.81. The lowest BCUT2D eigenvalue weighted by Crippen LogP contribution is -2.39. The van der Waals surface area contributed by atoms with E-state index in [1.807, 2.05) is 12.3 Å². The fourth-order valence-corrected chi connectivity index (χ4v) is 6.24. The van der Waals surface area contributed by atoms with Crippen molar-refractivity contribution in [1.29, 1.82) is 0 Å². The largest absolute Gasteiger partial charge is 0.496 e. The molecule has 3 N–H and O–H groups in total. The number of aromatic nitrogens is 1. The molecule has 0 aliphatic carbocycles. The van der Waals surface area contributed by atoms with Gasteiger partial charge in [0.15, 0.2) is 0 Å². The first-order chi connectivity index (χ1) is 17.8. The molecule has 0 spiro atoms. The van der Waals surface area contributed by atoms with Gasteiger partial charge in [0, 0.05) is 60.0 Å². The van der Waals surface area contributed by atoms with E-state index in [0.717, 1.165) is 85.0 Å². The van der Waals surface area contributed by atoms with Crippen LogP contribution in [0.3, 0.4) is 0 Å². The third-order valence-electron chi connectivity index (χ3n) is 7.68. The van der Waals surface area contributed by atoms with Crippen molar-refractivity contribution in [3.8, 4) is 11.5 Å². The van der Waals surface area contributed by atoms with Crippen LogP contribution in [-0.2, 0) is 21.3 Å². The van der Waals surface area contributed by atoms with Gasteiger partial charge in [-0.1, -0.05) is 12.5 Å². The smallest absolute Gasteiger partial charge is 0.238 e. The molecule has 0 saturated carbocycles. The lowest BCUT2D eigenvalue weighted by Gasteiger charge is -2.40. The Morgan fingerprint density at radius 1 is 1.14 bits per heavy atom. The zero-order valence-electron chi connectivity index (χ0n) is 21.7. The number of nitrogens with zero attached hydrogens (tertiary/aromatic N) is 1. The van der Waals surface area contributed by atoms with Crippen LogP contribution in [0, 0.1) is 6.92 Å². The number of nitrogens with one attached hydrogen (secondary N) is 1. The number of fused-ring (bicyclic) bond motifs is 5. The number of piperidine rings is 1. The fraction of sp³-hybridized carbons (Fsp3) is 0.500. The maximum atomic E-state index is 12.1. The maximum absolute atomic E-state index is 12.1. The number of methoxy groups -OCH3 is 1. The molecule has 2 atom stereocenters. The van der Waals surface area contributed by atoms with Gasteiger partial charge in [-0.15, -0.1) is 0 Å². The van der Waals surface area contributed by atoms with Gasteiger partial charge in [-0.05, 0) is 62.8 Å². The SMILES string of the molecule is COc1cc(C)c2[nH]ccc2c1CN1CC[C@H]2C[C@H]1c1ccc(S(N)(=O)=O)cc1OCCCCCCO2. The monoisotopic (exact) mass is 527 g/mol. The van der Waals surface area contributed by atoms with Crippen molar-refractivity contribution in [2.24, 2.45) is 5.14 Å². The molecule has 1 saturated heterocycles. The molecule has 2 bridgehead atoms. The van der Waals surface area contributed by atoms with Crippen LogP contribution in [0.15, 0.2) is 41.4 Å². The molecular weight excluding hydrogens is 490 g/mol. The van der Waals surface area contributed by atoms with Crippen LogP contribution in [0.1, 0.15) is 61.3 Å². The first-order valence-electron chi connectivity index (χ1n) is 13.1. The van der Waals surface area contributed by atoms with E-state index in [2.05, 4.69) is 28.9 Å². The summed E-state index contributed by atoms with van der Waals surface area (Å²) in [5.74, 6) is 1.46. The normalized spacial score (nSPS) is 21.8. The third kappa shape index (κ3) is 5.65. The zero-order valence-corrected chi connectivity index (χ0v) is 22.5. The summed E-state index contributed by atoms with van der Waals surface area (Å²) in [6.45, 7) is 4.92. The summed E-state index contributed by atoms with van der Waals surface area (Å²) in [4.78, 5) is 5.88. The lowest BCUT2D eigenvalue weighted by atomic mass is 9.91. The Balaban J connectivity index is 1.56. The highest BCUT2D eigenvalue weighted by atomic mass is 32.2. The number of aromatic amines is 1. The van der Waals surface area contributed by atoms with Gasteiger partial charge in [0.05, 0.1) is 24.7 Å². The number of aryl methyl sites for hydroxylation is 1. The maximum Gasteiger partial charge on any atom is 0.238 e. The number of nitrogens with two attached hydrogens (primary N) is 1. The van der Waals surface area contributed by atoms with Crippen molar-refractivity contribution in [1.82, 2.24) is 9.88 Å². The topological polar surface area (TPSA) is 107 Å². The molecule has 2 aliphatic rings. The Morgan fingerprint density at radius 3 is 2.73 bits per heavy atom. The summed E-state index contributed by atoms with van der Waals surface area (Å²) in [6.07, 6.45) is 7.94. The molecule has 200 valence electrons. The number of benzene rings is 2. The highest BCUT2D eigenvalue weighted by Gasteiger charge is 2.33. The number of hydrogen-bond acceptors (Lipinski definition) is 6. The summed E-state index contributed by atoms with van der Waals surface area (Å²) in [5.41, 5.74) is 4.36. The van der Waals surface area contributed by atoms with Crippen LogP contribution < -0.4 is 14.6 Å². The van der Waals surface area contributed by atoms with Crippen molar-refractivity contribution in [3.05, 3.63) is 53.2 Å². The average Bonchev–Trinajstić information content (AvgIpc) is 3.38. The summed E-state index contributed by atoms with van der Waals surface area (Å²) in [6, 6.07) is 9.23. The van der Waals surface area contributed by atoms with E-state index in [-0.39, 0.29) is 17.0 Å². The van der Waals surface area contributed by atoms with Crippen molar-refractivity contribution >= 4 is 20.9 Å². The molecule has 5 rings (SSSR count). The van der Waals surface area contributed by atoms with Gasteiger partial charge >= 0.3 is 0 Å². The van der Waals surface area contributed by atoms with E-state index in [1.165, 1.54) is 0 Å². The molecule has 1 fully saturated rings. The van der Waals surface area contributed by atoms with E-state index >= 15 is 0 Å². The molecular formula is C28H37N3O5S. The second-order valence-electron chi connectivity index (χ2n) is 10.2. The average molecular weight is 528 g/mol. The number of H-pyrrole nitrogens is 1. The number of likely N-dealkylation sites (tertiary alicyclic amines) is 1. The van der Waals surface area contributed by atoms with Gasteiger partial charge in [0.1, 0.15) is 11.5 Å². The number of rotatable bonds is 4. The molecule has 0 radical (unpaired) electrons. The molecule has 1 aromatic heterocycles. The van der Waals surface area contributed by atoms with Gasteiger partial charge in [0.25, 0.3) is 0 Å². The second kappa shape index (κ2) is 11.0. The zero-order chi connectivity index (χ0) is 26.0. The minimum absolute atomic E-state index is 0.0102. The highest BCUT2D eigenvalue weighted by Crippen LogP contribution is 2.41. The summed E-state index contributed by atoms with van der Waals surface area (Å²) in [7, 11) is -2.13. The van der Waals surface area contributed by atoms with Gasteiger partial charge in [0.2, 0.25) is 10.0 Å². The van der Waals surface area contributed by atoms with Crippen LogP contribution in [0.4, 0.5) is 0 Å². The number of primary sulfonamides is 1. The molecule has 0 amide bonds. The van der Waals surface area contributed by atoms with E-state index in [0.29, 0.717) is 18.9 Å². The lowest BCUT2D eigenvalue weighted by molar-refractivity contribution is -0.0203. The van der Waals surface area contributed by atoms with Gasteiger partial charge in [-0.2, -0.15) is 0 Å². The van der Waals surface area contributed by atoms with E-state index < -0.39 is 10.0 Å². The summed E-state index contributed by atoms with van der Waals surface area (Å²) in [5, 5.41) is 6.62. The summed E-state index contributed by atoms with van der Waals surface area (Å²) >= 11 is 0. The van der Waals surface area contributed by atoms with Crippen molar-refractivity contribution in [2.75, 3.05) is 26.9 Å². The molecule has 0 unspecified atom stereocenters. The molecule has 2 aromatic carbocycles. The first kappa shape index (κ1) is 26.0. The van der Waals surface area contributed by atoms with Crippen LogP contribution >= 0.6 is 0 Å². The molecule has 37 heavy (non-hydrogen) atoms. The Bertz CT molecular complexity index is 1350. The Kier molecular flexibility index (Phi) is 7.76. The van der Waals surface area contributed by atoms with Crippen LogP contribution in [0.5, 0.6) is 11.5 Å². The third-order valence-corrected chi connectivity index (χ3v) is 8.59. The van der Waals surface area contributed by atoms with Gasteiger partial charge < -0.3 is 19.2 Å². The highest BCUT2D eigenvalue weighted by molar-refractivity contribution is 7.89. The number of sulfonamides is 1. The van der Waals surface area contributed by atoms with Gasteiger partial charge in [-0.3, -0.25) is 4.90 Å². The van der Waals surface area contributed by atoms with E-state index in [1.54, 1.807) is 19.2 Å².